The van der Waals surface area contributed by atoms with E-state index in [1.807, 2.05) is 18.2 Å². The van der Waals surface area contributed by atoms with E-state index in [-0.39, 0.29) is 12.5 Å². The van der Waals surface area contributed by atoms with E-state index in [1.165, 1.54) is 0 Å². The van der Waals surface area contributed by atoms with Crippen molar-refractivity contribution in [2.45, 2.75) is 6.54 Å². The summed E-state index contributed by atoms with van der Waals surface area (Å²) in [6.45, 7) is 1.35. The van der Waals surface area contributed by atoms with Crippen molar-refractivity contribution in [1.29, 1.82) is 0 Å². The summed E-state index contributed by atoms with van der Waals surface area (Å²) < 4.78 is 16.4. The monoisotopic (exact) mass is 367 g/mol. The van der Waals surface area contributed by atoms with Crippen LogP contribution in [-0.2, 0) is 11.3 Å². The number of ether oxygens (including phenoxy) is 3. The van der Waals surface area contributed by atoms with Crippen LogP contribution in [0.2, 0.25) is 10.0 Å². The summed E-state index contributed by atoms with van der Waals surface area (Å²) in [5.41, 5.74) is 0.919. The maximum atomic E-state index is 11.9. The fraction of sp³-hybridized carbons (Fsp3) is 0.235. The molecule has 0 radical (unpaired) electrons. The van der Waals surface area contributed by atoms with Crippen LogP contribution in [0.5, 0.6) is 17.2 Å². The van der Waals surface area contributed by atoms with Crippen molar-refractivity contribution in [2.75, 3.05) is 19.8 Å². The first-order valence-electron chi connectivity index (χ1n) is 7.35. The first-order chi connectivity index (χ1) is 11.6. The van der Waals surface area contributed by atoms with E-state index in [9.17, 15) is 4.79 Å². The maximum Gasteiger partial charge on any atom is 0.258 e. The summed E-state index contributed by atoms with van der Waals surface area (Å²) in [6, 6.07) is 10.4. The van der Waals surface area contributed by atoms with Crippen molar-refractivity contribution in [1.82, 2.24) is 5.32 Å². The van der Waals surface area contributed by atoms with Crippen LogP contribution in [0.25, 0.3) is 0 Å². The summed E-state index contributed by atoms with van der Waals surface area (Å²) in [5, 5.41) is 3.60. The van der Waals surface area contributed by atoms with Crippen LogP contribution in [0.4, 0.5) is 0 Å². The van der Waals surface area contributed by atoms with E-state index in [2.05, 4.69) is 5.32 Å². The molecule has 1 heterocycles. The van der Waals surface area contributed by atoms with Crippen LogP contribution < -0.4 is 19.5 Å². The van der Waals surface area contributed by atoms with Gasteiger partial charge in [-0.3, -0.25) is 4.79 Å². The van der Waals surface area contributed by atoms with E-state index in [0.29, 0.717) is 41.3 Å². The number of amides is 1. The molecular formula is C17H15Cl2NO4. The highest BCUT2D eigenvalue weighted by Gasteiger charge is 2.12. The summed E-state index contributed by atoms with van der Waals surface area (Å²) >= 11 is 11.7. The van der Waals surface area contributed by atoms with Crippen molar-refractivity contribution in [2.24, 2.45) is 0 Å². The molecule has 1 aliphatic heterocycles. The van der Waals surface area contributed by atoms with E-state index >= 15 is 0 Å². The molecule has 5 nitrogen and oxygen atoms in total. The number of nitrogens with one attached hydrogen (secondary N) is 1. The average molecular weight is 368 g/mol. The predicted octanol–water partition coefficient (Wildman–Crippen LogP) is 3.46. The molecule has 0 fully saturated rings. The molecule has 0 aromatic heterocycles. The highest BCUT2D eigenvalue weighted by molar-refractivity contribution is 6.42. The lowest BCUT2D eigenvalue weighted by Gasteiger charge is -2.19. The second kappa shape index (κ2) is 7.64. The largest absolute Gasteiger partial charge is 0.486 e. The fourth-order valence-corrected chi connectivity index (χ4v) is 2.45. The Labute approximate surface area is 149 Å². The molecule has 2 aromatic carbocycles. The second-order valence-corrected chi connectivity index (χ2v) is 5.93. The van der Waals surface area contributed by atoms with Gasteiger partial charge < -0.3 is 19.5 Å². The smallest absolute Gasteiger partial charge is 0.258 e. The Bertz CT molecular complexity index is 751. The van der Waals surface area contributed by atoms with Crippen LogP contribution >= 0.6 is 23.2 Å². The molecule has 1 aliphatic rings. The molecule has 0 bridgehead atoms. The third kappa shape index (κ3) is 4.24. The number of carbonyl (C=O) groups is 1. The quantitative estimate of drug-likeness (QED) is 0.878. The number of rotatable bonds is 5. The zero-order chi connectivity index (χ0) is 16.9. The normalized spacial score (nSPS) is 12.6. The van der Waals surface area contributed by atoms with Gasteiger partial charge in [0, 0.05) is 12.6 Å². The van der Waals surface area contributed by atoms with Crippen molar-refractivity contribution >= 4 is 29.1 Å². The van der Waals surface area contributed by atoms with Crippen molar-refractivity contribution < 1.29 is 19.0 Å². The maximum absolute atomic E-state index is 11.9. The number of halogens is 2. The van der Waals surface area contributed by atoms with Gasteiger partial charge in [-0.15, -0.1) is 0 Å². The molecule has 0 aliphatic carbocycles. The molecule has 0 spiro atoms. The first-order valence-corrected chi connectivity index (χ1v) is 8.10. The first kappa shape index (κ1) is 16.7. The number of carbonyl (C=O) groups excluding carboxylic acids is 1. The lowest BCUT2D eigenvalue weighted by atomic mass is 10.2. The summed E-state index contributed by atoms with van der Waals surface area (Å²) in [4.78, 5) is 11.9. The molecule has 3 rings (SSSR count). The molecule has 0 saturated carbocycles. The van der Waals surface area contributed by atoms with Crippen molar-refractivity contribution in [3.05, 3.63) is 52.0 Å². The SMILES string of the molecule is O=C(COc1ccc(Cl)c(Cl)c1)NCc1ccc2c(c1)OCCO2. The van der Waals surface area contributed by atoms with E-state index in [4.69, 9.17) is 37.4 Å². The highest BCUT2D eigenvalue weighted by Crippen LogP contribution is 2.30. The topological polar surface area (TPSA) is 56.8 Å². The molecule has 0 atom stereocenters. The van der Waals surface area contributed by atoms with Crippen molar-refractivity contribution in [3.63, 3.8) is 0 Å². The van der Waals surface area contributed by atoms with E-state index in [0.717, 1.165) is 11.3 Å². The summed E-state index contributed by atoms with van der Waals surface area (Å²) in [7, 11) is 0. The van der Waals surface area contributed by atoms with Crippen molar-refractivity contribution in [3.8, 4) is 17.2 Å². The van der Waals surface area contributed by atoms with Crippen LogP contribution in [0.3, 0.4) is 0 Å². The number of fused-ring (bicyclic) bond motifs is 1. The molecule has 2 aromatic rings. The van der Waals surface area contributed by atoms with Crippen LogP contribution in [0.1, 0.15) is 5.56 Å². The average Bonchev–Trinajstić information content (AvgIpc) is 2.60. The Morgan fingerprint density at radius 1 is 1.04 bits per heavy atom. The lowest BCUT2D eigenvalue weighted by Crippen LogP contribution is -2.28. The third-order valence-corrected chi connectivity index (χ3v) is 4.10. The minimum absolute atomic E-state index is 0.109. The van der Waals surface area contributed by atoms with Gasteiger partial charge in [0.1, 0.15) is 19.0 Å². The lowest BCUT2D eigenvalue weighted by molar-refractivity contribution is -0.123. The zero-order valence-corrected chi connectivity index (χ0v) is 14.2. The Kier molecular flexibility index (Phi) is 5.33. The number of benzene rings is 2. The highest BCUT2D eigenvalue weighted by atomic mass is 35.5. The fourth-order valence-electron chi connectivity index (χ4n) is 2.16. The van der Waals surface area contributed by atoms with Gasteiger partial charge in [0.15, 0.2) is 18.1 Å². The second-order valence-electron chi connectivity index (χ2n) is 5.12. The van der Waals surface area contributed by atoms with Gasteiger partial charge in [0.2, 0.25) is 0 Å². The number of hydrogen-bond donors (Lipinski definition) is 1. The van der Waals surface area contributed by atoms with Crippen LogP contribution in [0, 0.1) is 0 Å². The third-order valence-electron chi connectivity index (χ3n) is 3.36. The van der Waals surface area contributed by atoms with Gasteiger partial charge in [-0.05, 0) is 29.8 Å². The summed E-state index contributed by atoms with van der Waals surface area (Å²) in [6.07, 6.45) is 0. The predicted molar refractivity (Wildman–Crippen MR) is 91.2 cm³/mol. The van der Waals surface area contributed by atoms with Gasteiger partial charge in [0.05, 0.1) is 10.0 Å². The molecule has 7 heteroatoms. The zero-order valence-electron chi connectivity index (χ0n) is 12.7. The molecular weight excluding hydrogens is 353 g/mol. The minimum atomic E-state index is -0.240. The van der Waals surface area contributed by atoms with Crippen LogP contribution in [-0.4, -0.2) is 25.7 Å². The molecule has 0 unspecified atom stereocenters. The van der Waals surface area contributed by atoms with Gasteiger partial charge in [-0.2, -0.15) is 0 Å². The number of hydrogen-bond acceptors (Lipinski definition) is 4. The Morgan fingerprint density at radius 3 is 2.62 bits per heavy atom. The van der Waals surface area contributed by atoms with E-state index in [1.54, 1.807) is 18.2 Å². The molecule has 24 heavy (non-hydrogen) atoms. The van der Waals surface area contributed by atoms with Gasteiger partial charge in [-0.25, -0.2) is 0 Å². The molecule has 1 amide bonds. The molecule has 126 valence electrons. The van der Waals surface area contributed by atoms with E-state index < -0.39 is 0 Å². The van der Waals surface area contributed by atoms with Crippen LogP contribution in [0.15, 0.2) is 36.4 Å². The summed E-state index contributed by atoms with van der Waals surface area (Å²) in [5.74, 6) is 1.66. The molecule has 0 saturated heterocycles. The minimum Gasteiger partial charge on any atom is -0.486 e. The Hall–Kier alpha value is -2.11. The standard InChI is InChI=1S/C17H15Cl2NO4/c18-13-3-2-12(8-14(13)19)24-10-17(21)20-9-11-1-4-15-16(7-11)23-6-5-22-15/h1-4,7-8H,5-6,9-10H2,(H,20,21). The van der Waals surface area contributed by atoms with Gasteiger partial charge in [-0.1, -0.05) is 29.3 Å². The molecule has 1 N–H and O–H groups in total. The van der Waals surface area contributed by atoms with Gasteiger partial charge in [0.25, 0.3) is 5.91 Å². The Balaban J connectivity index is 1.49. The van der Waals surface area contributed by atoms with Gasteiger partial charge >= 0.3 is 0 Å². The Morgan fingerprint density at radius 2 is 1.83 bits per heavy atom.